The van der Waals surface area contributed by atoms with Crippen LogP contribution in [0.1, 0.15) is 45.4 Å². The number of rotatable bonds is 13. The van der Waals surface area contributed by atoms with E-state index in [0.29, 0.717) is 18.3 Å². The van der Waals surface area contributed by atoms with E-state index in [1.807, 2.05) is 0 Å². The molecule has 0 amide bonds. The molecule has 0 aromatic rings. The summed E-state index contributed by atoms with van der Waals surface area (Å²) in [6.45, 7) is 8.16. The monoisotopic (exact) mass is 316 g/mol. The van der Waals surface area contributed by atoms with Crippen LogP contribution in [0, 0.1) is 0 Å². The Kier molecular flexibility index (Phi) is 9.36. The standard InChI is InChI=1S/C11H22O2.C6H10O3/c1-2-3-4-5-6-7-8-12-9-11-10-13-11;1(5-3-8-5)7-2-6-4-9-6/h11H,2-10H2,1H3;5-6H,1-4H2. The Balaban J connectivity index is 0.000000170. The van der Waals surface area contributed by atoms with Crippen molar-refractivity contribution in [2.75, 3.05) is 46.2 Å². The van der Waals surface area contributed by atoms with Crippen LogP contribution in [0.15, 0.2) is 0 Å². The van der Waals surface area contributed by atoms with Crippen molar-refractivity contribution < 1.29 is 23.7 Å². The van der Waals surface area contributed by atoms with Crippen molar-refractivity contribution in [3.05, 3.63) is 0 Å². The highest BCUT2D eigenvalue weighted by Gasteiger charge is 2.26. The first-order chi connectivity index (χ1) is 10.9. The molecule has 0 saturated carbocycles. The Morgan fingerprint density at radius 3 is 1.64 bits per heavy atom. The van der Waals surface area contributed by atoms with Gasteiger partial charge in [0.25, 0.3) is 0 Å². The van der Waals surface area contributed by atoms with Gasteiger partial charge in [-0.25, -0.2) is 0 Å². The second kappa shape index (κ2) is 11.4. The number of unbranched alkanes of at least 4 members (excludes halogenated alkanes) is 5. The topological polar surface area (TPSA) is 56.0 Å². The van der Waals surface area contributed by atoms with Gasteiger partial charge in [-0.15, -0.1) is 0 Å². The molecule has 3 aliphatic heterocycles. The van der Waals surface area contributed by atoms with E-state index in [2.05, 4.69) is 6.92 Å². The molecular weight excluding hydrogens is 284 g/mol. The molecule has 5 heteroatoms. The van der Waals surface area contributed by atoms with Crippen molar-refractivity contribution in [3.63, 3.8) is 0 Å². The SMILES string of the molecule is C(OCC1CO1)C1CO1.CCCCCCCCOCC1CO1. The summed E-state index contributed by atoms with van der Waals surface area (Å²) in [5, 5.41) is 0. The van der Waals surface area contributed by atoms with Crippen LogP contribution < -0.4 is 0 Å². The lowest BCUT2D eigenvalue weighted by atomic mass is 10.1. The average Bonchev–Trinajstić information content (AvgIpc) is 3.39. The van der Waals surface area contributed by atoms with Gasteiger partial charge >= 0.3 is 0 Å². The minimum atomic E-state index is 0.392. The zero-order chi connectivity index (χ0) is 15.5. The molecule has 3 saturated heterocycles. The number of hydrogen-bond donors (Lipinski definition) is 0. The van der Waals surface area contributed by atoms with Crippen LogP contribution in [0.4, 0.5) is 0 Å². The lowest BCUT2D eigenvalue weighted by Crippen LogP contribution is -2.06. The molecule has 0 N–H and O–H groups in total. The summed E-state index contributed by atoms with van der Waals surface area (Å²) >= 11 is 0. The van der Waals surface area contributed by atoms with E-state index >= 15 is 0 Å². The maximum absolute atomic E-state index is 5.44. The van der Waals surface area contributed by atoms with Gasteiger partial charge in [-0.2, -0.15) is 0 Å². The van der Waals surface area contributed by atoms with Crippen LogP contribution in [0.2, 0.25) is 0 Å². The predicted octanol–water partition coefficient (Wildman–Crippen LogP) is 2.56. The molecule has 0 aromatic heterocycles. The lowest BCUT2D eigenvalue weighted by molar-refractivity contribution is 0.102. The van der Waals surface area contributed by atoms with Gasteiger partial charge < -0.3 is 23.7 Å². The van der Waals surface area contributed by atoms with Crippen molar-refractivity contribution in [2.24, 2.45) is 0 Å². The van der Waals surface area contributed by atoms with E-state index in [-0.39, 0.29) is 0 Å². The number of hydrogen-bond acceptors (Lipinski definition) is 5. The minimum absolute atomic E-state index is 0.392. The van der Waals surface area contributed by atoms with E-state index < -0.39 is 0 Å². The van der Waals surface area contributed by atoms with Crippen molar-refractivity contribution in [3.8, 4) is 0 Å². The van der Waals surface area contributed by atoms with Gasteiger partial charge in [0.1, 0.15) is 18.3 Å². The number of epoxide rings is 3. The Labute approximate surface area is 134 Å². The van der Waals surface area contributed by atoms with Crippen LogP contribution in [-0.2, 0) is 23.7 Å². The highest BCUT2D eigenvalue weighted by molar-refractivity contribution is 4.71. The molecule has 0 bridgehead atoms. The molecule has 3 rings (SSSR count). The fourth-order valence-corrected chi connectivity index (χ4v) is 2.02. The van der Waals surface area contributed by atoms with Crippen LogP contribution in [0.5, 0.6) is 0 Å². The van der Waals surface area contributed by atoms with Crippen molar-refractivity contribution in [2.45, 2.75) is 63.8 Å². The van der Waals surface area contributed by atoms with Crippen molar-refractivity contribution in [1.82, 2.24) is 0 Å². The molecule has 3 unspecified atom stereocenters. The highest BCUT2D eigenvalue weighted by atomic mass is 16.6. The van der Waals surface area contributed by atoms with Gasteiger partial charge in [0, 0.05) is 6.61 Å². The summed E-state index contributed by atoms with van der Waals surface area (Å²) < 4.78 is 25.6. The molecule has 22 heavy (non-hydrogen) atoms. The van der Waals surface area contributed by atoms with E-state index in [1.54, 1.807) is 0 Å². The highest BCUT2D eigenvalue weighted by Crippen LogP contribution is 2.12. The largest absolute Gasteiger partial charge is 0.379 e. The molecule has 3 atom stereocenters. The molecule has 3 heterocycles. The Bertz CT molecular complexity index is 250. The fourth-order valence-electron chi connectivity index (χ4n) is 2.02. The van der Waals surface area contributed by atoms with Gasteiger partial charge in [0.15, 0.2) is 0 Å². The Hall–Kier alpha value is -0.200. The summed E-state index contributed by atoms with van der Waals surface area (Å²) in [5.41, 5.74) is 0. The van der Waals surface area contributed by atoms with Crippen molar-refractivity contribution in [1.29, 1.82) is 0 Å². The molecular formula is C17H32O5. The van der Waals surface area contributed by atoms with Crippen molar-refractivity contribution >= 4 is 0 Å². The van der Waals surface area contributed by atoms with E-state index in [9.17, 15) is 0 Å². The predicted molar refractivity (Wildman–Crippen MR) is 84.2 cm³/mol. The third-order valence-corrected chi connectivity index (χ3v) is 3.76. The van der Waals surface area contributed by atoms with Crippen LogP contribution in [0.3, 0.4) is 0 Å². The summed E-state index contributed by atoms with van der Waals surface area (Å²) in [5.74, 6) is 0. The molecule has 0 aliphatic carbocycles. The molecule has 3 fully saturated rings. The summed E-state index contributed by atoms with van der Waals surface area (Å²) in [6.07, 6.45) is 9.24. The van der Waals surface area contributed by atoms with Crippen LogP contribution in [0.25, 0.3) is 0 Å². The molecule has 0 radical (unpaired) electrons. The fraction of sp³-hybridized carbons (Fsp3) is 1.00. The maximum Gasteiger partial charge on any atom is 0.104 e. The van der Waals surface area contributed by atoms with Gasteiger partial charge in [-0.05, 0) is 6.42 Å². The third kappa shape index (κ3) is 11.4. The normalized spacial score (nSPS) is 28.0. The van der Waals surface area contributed by atoms with Gasteiger partial charge in [-0.1, -0.05) is 39.0 Å². The van der Waals surface area contributed by atoms with E-state index in [1.165, 1.54) is 38.5 Å². The van der Waals surface area contributed by atoms with Gasteiger partial charge in [0.05, 0.1) is 39.6 Å². The van der Waals surface area contributed by atoms with Crippen LogP contribution >= 0.6 is 0 Å². The molecule has 5 nitrogen and oxygen atoms in total. The first kappa shape index (κ1) is 18.1. The third-order valence-electron chi connectivity index (χ3n) is 3.76. The second-order valence-electron chi connectivity index (χ2n) is 6.25. The first-order valence-electron chi connectivity index (χ1n) is 8.88. The second-order valence-corrected chi connectivity index (χ2v) is 6.25. The summed E-state index contributed by atoms with van der Waals surface area (Å²) in [7, 11) is 0. The molecule has 0 aromatic carbocycles. The molecule has 130 valence electrons. The van der Waals surface area contributed by atoms with Gasteiger partial charge in [0.2, 0.25) is 0 Å². The maximum atomic E-state index is 5.44. The summed E-state index contributed by atoms with van der Waals surface area (Å²) in [6, 6.07) is 0. The van der Waals surface area contributed by atoms with E-state index in [0.717, 1.165) is 46.2 Å². The molecule has 3 aliphatic rings. The minimum Gasteiger partial charge on any atom is -0.379 e. The Morgan fingerprint density at radius 2 is 1.14 bits per heavy atom. The molecule has 0 spiro atoms. The Morgan fingerprint density at radius 1 is 0.682 bits per heavy atom. The van der Waals surface area contributed by atoms with Gasteiger partial charge in [-0.3, -0.25) is 0 Å². The smallest absolute Gasteiger partial charge is 0.104 e. The quantitative estimate of drug-likeness (QED) is 0.386. The van der Waals surface area contributed by atoms with Crippen LogP contribution in [-0.4, -0.2) is 64.6 Å². The number of ether oxygens (including phenoxy) is 5. The lowest BCUT2D eigenvalue weighted by Gasteiger charge is -2.01. The van der Waals surface area contributed by atoms with E-state index in [4.69, 9.17) is 23.7 Å². The zero-order valence-electron chi connectivity index (χ0n) is 14.0. The zero-order valence-corrected chi connectivity index (χ0v) is 14.0. The summed E-state index contributed by atoms with van der Waals surface area (Å²) in [4.78, 5) is 0. The first-order valence-corrected chi connectivity index (χ1v) is 8.88. The average molecular weight is 316 g/mol.